The zero-order valence-electron chi connectivity index (χ0n) is 9.37. The normalized spacial score (nSPS) is 18.7. The fraction of sp³-hybridized carbons (Fsp3) is 0.909. The number of aliphatic carboxylic acids is 1. The molecule has 0 spiro atoms. The van der Waals surface area contributed by atoms with E-state index < -0.39 is 5.97 Å². The Kier molecular flexibility index (Phi) is 6.36. The third-order valence-corrected chi connectivity index (χ3v) is 2.80. The van der Waals surface area contributed by atoms with Gasteiger partial charge in [0.2, 0.25) is 0 Å². The van der Waals surface area contributed by atoms with Crippen molar-refractivity contribution in [3.05, 3.63) is 0 Å². The Hall–Kier alpha value is -0.610. The second kappa shape index (κ2) is 7.65. The average Bonchev–Trinajstić information content (AvgIpc) is 2.45. The molecular formula is C11H22N2O2. The first-order valence-electron chi connectivity index (χ1n) is 5.94. The van der Waals surface area contributed by atoms with Crippen molar-refractivity contribution >= 4 is 5.97 Å². The maximum absolute atomic E-state index is 10.2. The average molecular weight is 214 g/mol. The van der Waals surface area contributed by atoms with Crippen LogP contribution in [0.5, 0.6) is 0 Å². The van der Waals surface area contributed by atoms with Crippen LogP contribution in [0.15, 0.2) is 0 Å². The number of nitrogens with zero attached hydrogens (tertiary/aromatic N) is 1. The van der Waals surface area contributed by atoms with Crippen molar-refractivity contribution in [1.82, 2.24) is 10.2 Å². The molecule has 0 aromatic carbocycles. The summed E-state index contributed by atoms with van der Waals surface area (Å²) in [5, 5.41) is 11.3. The zero-order valence-corrected chi connectivity index (χ0v) is 9.37. The molecule has 0 aromatic rings. The largest absolute Gasteiger partial charge is 0.480 e. The summed E-state index contributed by atoms with van der Waals surface area (Å²) in [6.45, 7) is 4.44. The van der Waals surface area contributed by atoms with Gasteiger partial charge in [0.1, 0.15) is 0 Å². The summed E-state index contributed by atoms with van der Waals surface area (Å²) in [5.74, 6) is -0.773. The predicted molar refractivity (Wildman–Crippen MR) is 60.0 cm³/mol. The molecule has 0 atom stereocenters. The van der Waals surface area contributed by atoms with Crippen LogP contribution in [0.25, 0.3) is 0 Å². The Balaban J connectivity index is 1.96. The standard InChI is InChI=1S/C11H22N2O2/c14-11(15)10-12-6-5-9-13-7-3-1-2-4-8-13/h12H,1-10H2,(H,14,15). The van der Waals surface area contributed by atoms with Gasteiger partial charge in [-0.1, -0.05) is 12.8 Å². The first-order valence-corrected chi connectivity index (χ1v) is 5.94. The van der Waals surface area contributed by atoms with Crippen LogP contribution < -0.4 is 5.32 Å². The SMILES string of the molecule is O=C(O)CNCCCN1CCCCCC1. The van der Waals surface area contributed by atoms with E-state index in [-0.39, 0.29) is 6.54 Å². The number of carboxylic acid groups (broad SMARTS) is 1. The Bertz CT molecular complexity index is 177. The maximum atomic E-state index is 10.2. The second-order valence-electron chi connectivity index (χ2n) is 4.18. The van der Waals surface area contributed by atoms with E-state index in [1.165, 1.54) is 38.8 Å². The number of hydrogen-bond donors (Lipinski definition) is 2. The molecule has 4 heteroatoms. The monoisotopic (exact) mass is 214 g/mol. The Morgan fingerprint density at radius 1 is 1.20 bits per heavy atom. The second-order valence-corrected chi connectivity index (χ2v) is 4.18. The van der Waals surface area contributed by atoms with Crippen molar-refractivity contribution in [2.24, 2.45) is 0 Å². The Morgan fingerprint density at radius 2 is 1.87 bits per heavy atom. The summed E-state index contributed by atoms with van der Waals surface area (Å²) in [6, 6.07) is 0. The van der Waals surface area contributed by atoms with Crippen LogP contribution in [0.2, 0.25) is 0 Å². The van der Waals surface area contributed by atoms with Gasteiger partial charge in [-0.05, 0) is 45.4 Å². The summed E-state index contributed by atoms with van der Waals surface area (Å²) < 4.78 is 0. The van der Waals surface area contributed by atoms with E-state index in [1.807, 2.05) is 0 Å². The van der Waals surface area contributed by atoms with E-state index in [4.69, 9.17) is 5.11 Å². The van der Waals surface area contributed by atoms with E-state index in [1.54, 1.807) is 0 Å². The minimum absolute atomic E-state index is 0.0833. The van der Waals surface area contributed by atoms with Gasteiger partial charge in [-0.3, -0.25) is 4.79 Å². The van der Waals surface area contributed by atoms with Gasteiger partial charge in [0, 0.05) is 0 Å². The van der Waals surface area contributed by atoms with E-state index in [2.05, 4.69) is 10.2 Å². The van der Waals surface area contributed by atoms with Gasteiger partial charge in [0.25, 0.3) is 0 Å². The third kappa shape index (κ3) is 6.47. The van der Waals surface area contributed by atoms with Crippen molar-refractivity contribution < 1.29 is 9.90 Å². The van der Waals surface area contributed by atoms with Crippen LogP contribution in [-0.4, -0.2) is 48.7 Å². The molecule has 0 aromatic heterocycles. The van der Waals surface area contributed by atoms with Gasteiger partial charge in [0.15, 0.2) is 0 Å². The molecule has 0 bridgehead atoms. The topological polar surface area (TPSA) is 52.6 Å². The lowest BCUT2D eigenvalue weighted by Crippen LogP contribution is -2.30. The third-order valence-electron chi connectivity index (χ3n) is 2.80. The van der Waals surface area contributed by atoms with E-state index in [9.17, 15) is 4.79 Å². The first kappa shape index (κ1) is 12.5. The summed E-state index contributed by atoms with van der Waals surface area (Å²) >= 11 is 0. The molecule has 1 rings (SSSR count). The first-order chi connectivity index (χ1) is 7.29. The molecule has 0 saturated carbocycles. The number of carbonyl (C=O) groups is 1. The molecule has 0 radical (unpaired) electrons. The number of carboxylic acids is 1. The highest BCUT2D eigenvalue weighted by Gasteiger charge is 2.07. The molecule has 88 valence electrons. The van der Waals surface area contributed by atoms with Crippen LogP contribution in [0.3, 0.4) is 0 Å². The van der Waals surface area contributed by atoms with Gasteiger partial charge in [-0.15, -0.1) is 0 Å². The van der Waals surface area contributed by atoms with Crippen LogP contribution in [-0.2, 0) is 4.79 Å². The van der Waals surface area contributed by atoms with Crippen LogP contribution >= 0.6 is 0 Å². The van der Waals surface area contributed by atoms with Crippen molar-refractivity contribution in [1.29, 1.82) is 0 Å². The lowest BCUT2D eigenvalue weighted by molar-refractivity contribution is -0.135. The molecular weight excluding hydrogens is 192 g/mol. The molecule has 2 N–H and O–H groups in total. The summed E-state index contributed by atoms with van der Waals surface area (Å²) in [6.07, 6.45) is 6.43. The number of rotatable bonds is 6. The number of nitrogens with one attached hydrogen (secondary N) is 1. The molecule has 4 nitrogen and oxygen atoms in total. The fourth-order valence-electron chi connectivity index (χ4n) is 1.98. The smallest absolute Gasteiger partial charge is 0.317 e. The zero-order chi connectivity index (χ0) is 10.9. The van der Waals surface area contributed by atoms with Crippen molar-refractivity contribution in [3.63, 3.8) is 0 Å². The van der Waals surface area contributed by atoms with Gasteiger partial charge in [-0.2, -0.15) is 0 Å². The van der Waals surface area contributed by atoms with Gasteiger partial charge < -0.3 is 15.3 Å². The number of likely N-dealkylation sites (tertiary alicyclic amines) is 1. The molecule has 0 unspecified atom stereocenters. The van der Waals surface area contributed by atoms with Gasteiger partial charge >= 0.3 is 5.97 Å². The lowest BCUT2D eigenvalue weighted by atomic mass is 10.2. The Labute approximate surface area is 91.6 Å². The van der Waals surface area contributed by atoms with E-state index in [0.29, 0.717) is 0 Å². The van der Waals surface area contributed by atoms with Gasteiger partial charge in [0.05, 0.1) is 6.54 Å². The molecule has 1 heterocycles. The van der Waals surface area contributed by atoms with Crippen molar-refractivity contribution in [2.75, 3.05) is 32.7 Å². The highest BCUT2D eigenvalue weighted by Crippen LogP contribution is 2.09. The quantitative estimate of drug-likeness (QED) is 0.646. The minimum Gasteiger partial charge on any atom is -0.480 e. The van der Waals surface area contributed by atoms with Crippen LogP contribution in [0.1, 0.15) is 32.1 Å². The minimum atomic E-state index is -0.773. The molecule has 1 aliphatic heterocycles. The van der Waals surface area contributed by atoms with Gasteiger partial charge in [-0.25, -0.2) is 0 Å². The molecule has 1 aliphatic rings. The van der Waals surface area contributed by atoms with Crippen LogP contribution in [0, 0.1) is 0 Å². The van der Waals surface area contributed by atoms with Crippen molar-refractivity contribution in [3.8, 4) is 0 Å². The highest BCUT2D eigenvalue weighted by molar-refractivity contribution is 5.68. The summed E-state index contributed by atoms with van der Waals surface area (Å²) in [4.78, 5) is 12.7. The summed E-state index contributed by atoms with van der Waals surface area (Å²) in [7, 11) is 0. The predicted octanol–water partition coefficient (Wildman–Crippen LogP) is 0.927. The van der Waals surface area contributed by atoms with Crippen LogP contribution in [0.4, 0.5) is 0 Å². The molecule has 15 heavy (non-hydrogen) atoms. The summed E-state index contributed by atoms with van der Waals surface area (Å²) in [5.41, 5.74) is 0. The Morgan fingerprint density at radius 3 is 2.47 bits per heavy atom. The number of hydrogen-bond acceptors (Lipinski definition) is 3. The molecule has 0 amide bonds. The fourth-order valence-corrected chi connectivity index (χ4v) is 1.98. The van der Waals surface area contributed by atoms with Crippen molar-refractivity contribution in [2.45, 2.75) is 32.1 Å². The highest BCUT2D eigenvalue weighted by atomic mass is 16.4. The maximum Gasteiger partial charge on any atom is 0.317 e. The lowest BCUT2D eigenvalue weighted by Gasteiger charge is -2.19. The van der Waals surface area contributed by atoms with E-state index >= 15 is 0 Å². The van der Waals surface area contributed by atoms with E-state index in [0.717, 1.165) is 19.5 Å². The molecule has 1 saturated heterocycles. The molecule has 1 fully saturated rings. The molecule has 0 aliphatic carbocycles.